The lowest BCUT2D eigenvalue weighted by atomic mass is 10.6. The third-order valence-corrected chi connectivity index (χ3v) is 3.32. The summed E-state index contributed by atoms with van der Waals surface area (Å²) in [6, 6.07) is 0. The molecular formula is C8H14IN5S2. The van der Waals surface area contributed by atoms with Crippen molar-refractivity contribution in [3.05, 3.63) is 17.7 Å². The normalized spacial score (nSPS) is 10.7. The van der Waals surface area contributed by atoms with Crippen LogP contribution in [0.25, 0.3) is 0 Å². The number of thioether (sulfide) groups is 1. The largest absolute Gasteiger partial charge is 0.370 e. The van der Waals surface area contributed by atoms with E-state index in [0.29, 0.717) is 19.0 Å². The summed E-state index contributed by atoms with van der Waals surface area (Å²) < 4.78 is 0.942. The molecule has 0 radical (unpaired) electrons. The van der Waals surface area contributed by atoms with Gasteiger partial charge in [0.05, 0.1) is 6.54 Å². The molecule has 0 amide bonds. The highest BCUT2D eigenvalue weighted by Crippen LogP contribution is 2.19. The van der Waals surface area contributed by atoms with Crippen molar-refractivity contribution in [2.24, 2.45) is 10.7 Å². The van der Waals surface area contributed by atoms with Crippen LogP contribution in [0.3, 0.4) is 0 Å². The molecule has 0 aliphatic rings. The predicted octanol–water partition coefficient (Wildman–Crippen LogP) is 1.47. The van der Waals surface area contributed by atoms with Gasteiger partial charge in [-0.25, -0.2) is 4.99 Å². The van der Waals surface area contributed by atoms with Crippen LogP contribution in [0.5, 0.6) is 0 Å². The van der Waals surface area contributed by atoms with E-state index in [1.54, 1.807) is 17.8 Å². The molecule has 3 N–H and O–H groups in total. The van der Waals surface area contributed by atoms with Crippen LogP contribution in [-0.4, -0.2) is 29.0 Å². The zero-order valence-corrected chi connectivity index (χ0v) is 12.8. The van der Waals surface area contributed by atoms with Gasteiger partial charge >= 0.3 is 0 Å². The molecule has 1 heterocycles. The van der Waals surface area contributed by atoms with Gasteiger partial charge in [-0.05, 0) is 6.26 Å². The Hall–Kier alpha value is -0.350. The van der Waals surface area contributed by atoms with Crippen molar-refractivity contribution in [1.82, 2.24) is 15.5 Å². The second-order valence-electron chi connectivity index (χ2n) is 2.54. The molecule has 0 aliphatic heterocycles. The summed E-state index contributed by atoms with van der Waals surface area (Å²) in [6.07, 6.45) is 3.69. The third-order valence-electron chi connectivity index (χ3n) is 1.44. The summed E-state index contributed by atoms with van der Waals surface area (Å²) in [5.74, 6) is 0.399. The van der Waals surface area contributed by atoms with E-state index < -0.39 is 0 Å². The highest BCUT2D eigenvalue weighted by Gasteiger charge is 2.01. The Morgan fingerprint density at radius 2 is 2.44 bits per heavy atom. The van der Waals surface area contributed by atoms with Crippen LogP contribution >= 0.6 is 47.1 Å². The number of nitrogens with zero attached hydrogens (tertiary/aromatic N) is 3. The van der Waals surface area contributed by atoms with Crippen LogP contribution < -0.4 is 11.1 Å². The molecule has 0 saturated carbocycles. The number of aromatic nitrogens is 2. The minimum atomic E-state index is 0. The average molecular weight is 371 g/mol. The summed E-state index contributed by atoms with van der Waals surface area (Å²) in [5, 5.41) is 11.7. The standard InChI is InChI=1S/C8H13N5S2.HI/c1-3-4-10-7(9)11-5-6-12-13-8(14-2)15-6;/h3H,1,4-5H2,2H3,(H3,9,10,11);1H. The van der Waals surface area contributed by atoms with Crippen molar-refractivity contribution in [1.29, 1.82) is 0 Å². The topological polar surface area (TPSA) is 76.2 Å². The molecule has 0 spiro atoms. The number of aliphatic imine (C=N–C) groups is 1. The predicted molar refractivity (Wildman–Crippen MR) is 80.6 cm³/mol. The van der Waals surface area contributed by atoms with Gasteiger partial charge in [-0.1, -0.05) is 29.2 Å². The van der Waals surface area contributed by atoms with E-state index in [0.717, 1.165) is 9.35 Å². The minimum absolute atomic E-state index is 0. The lowest BCUT2D eigenvalue weighted by molar-refractivity contribution is 0.910. The van der Waals surface area contributed by atoms with Crippen LogP contribution in [0.15, 0.2) is 22.0 Å². The van der Waals surface area contributed by atoms with E-state index in [9.17, 15) is 0 Å². The molecule has 0 atom stereocenters. The average Bonchev–Trinajstić information content (AvgIpc) is 2.71. The maximum atomic E-state index is 5.59. The smallest absolute Gasteiger partial charge is 0.189 e. The van der Waals surface area contributed by atoms with Crippen LogP contribution in [-0.2, 0) is 6.54 Å². The van der Waals surface area contributed by atoms with E-state index in [1.807, 2.05) is 6.26 Å². The quantitative estimate of drug-likeness (QED) is 0.270. The van der Waals surface area contributed by atoms with Gasteiger partial charge in [0.2, 0.25) is 0 Å². The van der Waals surface area contributed by atoms with Crippen molar-refractivity contribution in [2.45, 2.75) is 10.9 Å². The number of hydrogen-bond donors (Lipinski definition) is 2. The number of guanidine groups is 1. The molecular weight excluding hydrogens is 357 g/mol. The van der Waals surface area contributed by atoms with Crippen molar-refractivity contribution in [3.63, 3.8) is 0 Å². The Morgan fingerprint density at radius 1 is 1.69 bits per heavy atom. The maximum Gasteiger partial charge on any atom is 0.189 e. The fourth-order valence-corrected chi connectivity index (χ4v) is 2.01. The highest BCUT2D eigenvalue weighted by molar-refractivity contribution is 14.0. The second kappa shape index (κ2) is 8.76. The Kier molecular flexibility index (Phi) is 8.57. The molecule has 0 saturated heterocycles. The molecule has 16 heavy (non-hydrogen) atoms. The van der Waals surface area contributed by atoms with Crippen molar-refractivity contribution < 1.29 is 0 Å². The van der Waals surface area contributed by atoms with Crippen molar-refractivity contribution >= 4 is 53.0 Å². The van der Waals surface area contributed by atoms with Crippen molar-refractivity contribution in [2.75, 3.05) is 12.8 Å². The molecule has 0 fully saturated rings. The summed E-state index contributed by atoms with van der Waals surface area (Å²) in [5.41, 5.74) is 5.59. The van der Waals surface area contributed by atoms with E-state index >= 15 is 0 Å². The molecule has 90 valence electrons. The van der Waals surface area contributed by atoms with E-state index in [1.165, 1.54) is 11.3 Å². The molecule has 0 bridgehead atoms. The first-order valence-electron chi connectivity index (χ1n) is 4.27. The number of nitrogens with one attached hydrogen (secondary N) is 1. The summed E-state index contributed by atoms with van der Waals surface area (Å²) in [6.45, 7) is 4.65. The van der Waals surface area contributed by atoms with Gasteiger partial charge in [0.25, 0.3) is 0 Å². The van der Waals surface area contributed by atoms with E-state index in [4.69, 9.17) is 5.73 Å². The molecule has 8 heteroatoms. The first-order valence-corrected chi connectivity index (χ1v) is 6.31. The van der Waals surface area contributed by atoms with Gasteiger partial charge in [0.15, 0.2) is 10.3 Å². The van der Waals surface area contributed by atoms with E-state index in [2.05, 4.69) is 27.1 Å². The Labute approximate surface area is 120 Å². The minimum Gasteiger partial charge on any atom is -0.370 e. The summed E-state index contributed by atoms with van der Waals surface area (Å²) >= 11 is 3.10. The van der Waals surface area contributed by atoms with Crippen LogP contribution in [0.2, 0.25) is 0 Å². The van der Waals surface area contributed by atoms with Gasteiger partial charge in [-0.15, -0.1) is 40.8 Å². The van der Waals surface area contributed by atoms with Gasteiger partial charge < -0.3 is 11.1 Å². The Balaban J connectivity index is 0.00000225. The molecule has 1 aromatic rings. The molecule has 1 rings (SSSR count). The third kappa shape index (κ3) is 5.66. The molecule has 5 nitrogen and oxygen atoms in total. The SMILES string of the molecule is C=CCNC(N)=NCc1nnc(SC)s1.I. The first-order chi connectivity index (χ1) is 7.26. The molecule has 1 aromatic heterocycles. The number of nitrogens with two attached hydrogens (primary N) is 1. The number of halogens is 1. The Bertz CT molecular complexity index is 352. The maximum absolute atomic E-state index is 5.59. The highest BCUT2D eigenvalue weighted by atomic mass is 127. The van der Waals surface area contributed by atoms with Crippen LogP contribution in [0.1, 0.15) is 5.01 Å². The van der Waals surface area contributed by atoms with Gasteiger partial charge in [-0.3, -0.25) is 0 Å². The van der Waals surface area contributed by atoms with Gasteiger partial charge in [0.1, 0.15) is 5.01 Å². The lowest BCUT2D eigenvalue weighted by Gasteiger charge is -1.99. The monoisotopic (exact) mass is 371 g/mol. The first kappa shape index (κ1) is 15.7. The van der Waals surface area contributed by atoms with Gasteiger partial charge in [0, 0.05) is 6.54 Å². The Morgan fingerprint density at radius 3 is 3.00 bits per heavy atom. The second-order valence-corrected chi connectivity index (χ2v) is 4.65. The molecule has 0 aliphatic carbocycles. The fraction of sp³-hybridized carbons (Fsp3) is 0.375. The van der Waals surface area contributed by atoms with E-state index in [-0.39, 0.29) is 24.0 Å². The number of hydrogen-bond acceptors (Lipinski definition) is 5. The fourth-order valence-electron chi connectivity index (χ4n) is 0.770. The van der Waals surface area contributed by atoms with Crippen LogP contribution in [0.4, 0.5) is 0 Å². The van der Waals surface area contributed by atoms with Crippen molar-refractivity contribution in [3.8, 4) is 0 Å². The zero-order valence-electron chi connectivity index (χ0n) is 8.84. The summed E-state index contributed by atoms with van der Waals surface area (Å²) in [4.78, 5) is 4.11. The number of rotatable bonds is 5. The molecule has 0 aromatic carbocycles. The zero-order chi connectivity index (χ0) is 11.1. The van der Waals surface area contributed by atoms with Gasteiger partial charge in [-0.2, -0.15) is 0 Å². The summed E-state index contributed by atoms with van der Waals surface area (Å²) in [7, 11) is 0. The van der Waals surface area contributed by atoms with Crippen LogP contribution in [0, 0.1) is 0 Å². The lowest BCUT2D eigenvalue weighted by Crippen LogP contribution is -2.31. The molecule has 0 unspecified atom stereocenters.